The molecule has 0 aromatic carbocycles. The number of aromatic nitrogens is 3. The van der Waals surface area contributed by atoms with Crippen molar-refractivity contribution in [2.75, 3.05) is 13.7 Å². The zero-order valence-corrected chi connectivity index (χ0v) is 14.0. The van der Waals surface area contributed by atoms with Gasteiger partial charge in [0, 0.05) is 6.54 Å². The van der Waals surface area contributed by atoms with Crippen LogP contribution < -0.4 is 5.32 Å². The highest BCUT2D eigenvalue weighted by Gasteiger charge is 2.49. The molecule has 3 N–H and O–H groups in total. The van der Waals surface area contributed by atoms with Gasteiger partial charge < -0.3 is 25.0 Å². The molecule has 132 valence electrons. The standard InChI is InChI=1S/C13H19N5O5S/c1-3-14-13-15-8-10(20)9(19)7(23-12(8)24-13)5-18-4-6(16-17-18)11(21)22-2/h4,7-10,12,19-20H,3,5H2,1-2H3,(H,14,15). The molecule has 1 aromatic rings. The molecule has 11 heteroatoms. The van der Waals surface area contributed by atoms with Crippen LogP contribution in [0.25, 0.3) is 0 Å². The summed E-state index contributed by atoms with van der Waals surface area (Å²) in [6, 6.07) is -0.423. The Morgan fingerprint density at radius 1 is 1.54 bits per heavy atom. The number of fused-ring (bicyclic) bond motifs is 1. The lowest BCUT2D eigenvalue weighted by Gasteiger charge is -2.38. The third kappa shape index (κ3) is 3.24. The van der Waals surface area contributed by atoms with Crippen molar-refractivity contribution in [2.24, 2.45) is 4.99 Å². The van der Waals surface area contributed by atoms with Gasteiger partial charge in [0.1, 0.15) is 23.7 Å². The molecule has 0 radical (unpaired) electrons. The van der Waals surface area contributed by atoms with Gasteiger partial charge in [-0.15, -0.1) is 5.10 Å². The van der Waals surface area contributed by atoms with E-state index in [4.69, 9.17) is 4.74 Å². The van der Waals surface area contributed by atoms with Crippen LogP contribution in [0.3, 0.4) is 0 Å². The maximum absolute atomic E-state index is 11.4. The molecule has 0 spiro atoms. The number of methoxy groups -OCH3 is 1. The average molecular weight is 357 g/mol. The van der Waals surface area contributed by atoms with Crippen LogP contribution in [-0.4, -0.2) is 79.8 Å². The van der Waals surface area contributed by atoms with Gasteiger partial charge in [-0.1, -0.05) is 17.0 Å². The van der Waals surface area contributed by atoms with E-state index in [1.807, 2.05) is 6.92 Å². The van der Waals surface area contributed by atoms with Crippen molar-refractivity contribution in [2.45, 2.75) is 43.3 Å². The molecule has 3 rings (SSSR count). The van der Waals surface area contributed by atoms with Crippen molar-refractivity contribution in [1.82, 2.24) is 20.3 Å². The molecule has 0 saturated carbocycles. The van der Waals surface area contributed by atoms with Gasteiger partial charge >= 0.3 is 5.97 Å². The summed E-state index contributed by atoms with van der Waals surface area (Å²) in [6.07, 6.45) is -1.39. The SMILES string of the molecule is CCN=C1NC2C(OC(Cn3cc(C(=O)OC)nn3)C(O)C2O)S1. The Balaban J connectivity index is 1.69. The highest BCUT2D eigenvalue weighted by atomic mass is 32.2. The zero-order chi connectivity index (χ0) is 17.3. The fourth-order valence-electron chi connectivity index (χ4n) is 2.62. The van der Waals surface area contributed by atoms with Crippen LogP contribution in [-0.2, 0) is 16.0 Å². The van der Waals surface area contributed by atoms with Crippen LogP contribution in [0.2, 0.25) is 0 Å². The Kier molecular flexibility index (Phi) is 5.04. The van der Waals surface area contributed by atoms with E-state index < -0.39 is 30.3 Å². The van der Waals surface area contributed by atoms with Crippen molar-refractivity contribution >= 4 is 22.9 Å². The number of carbonyl (C=O) groups is 1. The van der Waals surface area contributed by atoms with Crippen LogP contribution >= 0.6 is 11.8 Å². The lowest BCUT2D eigenvalue weighted by molar-refractivity contribution is -0.160. The van der Waals surface area contributed by atoms with E-state index in [2.05, 4.69) is 25.4 Å². The second kappa shape index (κ2) is 7.05. The molecular weight excluding hydrogens is 338 g/mol. The molecular formula is C13H19N5O5S. The molecule has 2 saturated heterocycles. The molecule has 0 bridgehead atoms. The minimum absolute atomic E-state index is 0.0653. The largest absolute Gasteiger partial charge is 0.464 e. The Morgan fingerprint density at radius 2 is 2.33 bits per heavy atom. The molecule has 3 heterocycles. The maximum Gasteiger partial charge on any atom is 0.360 e. The summed E-state index contributed by atoms with van der Waals surface area (Å²) in [4.78, 5) is 15.7. The van der Waals surface area contributed by atoms with Gasteiger partial charge in [0.2, 0.25) is 0 Å². The number of amidine groups is 1. The van der Waals surface area contributed by atoms with Crippen LogP contribution in [0.5, 0.6) is 0 Å². The second-order valence-electron chi connectivity index (χ2n) is 5.41. The third-order valence-electron chi connectivity index (χ3n) is 3.82. The van der Waals surface area contributed by atoms with Gasteiger partial charge in [-0.25, -0.2) is 9.48 Å². The van der Waals surface area contributed by atoms with E-state index in [0.717, 1.165) is 0 Å². The normalized spacial score (nSPS) is 34.0. The molecule has 5 unspecified atom stereocenters. The first-order chi connectivity index (χ1) is 11.5. The Morgan fingerprint density at radius 3 is 3.04 bits per heavy atom. The second-order valence-corrected chi connectivity index (χ2v) is 6.50. The van der Waals surface area contributed by atoms with Crippen molar-refractivity contribution in [3.8, 4) is 0 Å². The van der Waals surface area contributed by atoms with Crippen LogP contribution in [0.1, 0.15) is 17.4 Å². The topological polar surface area (TPSA) is 131 Å². The first-order valence-corrected chi connectivity index (χ1v) is 8.39. The number of ether oxygens (including phenoxy) is 2. The van der Waals surface area contributed by atoms with Gasteiger partial charge in [-0.3, -0.25) is 4.99 Å². The van der Waals surface area contributed by atoms with Gasteiger partial charge in [0.15, 0.2) is 10.9 Å². The summed E-state index contributed by atoms with van der Waals surface area (Å²) in [5.41, 5.74) is -0.294. The number of esters is 1. The van der Waals surface area contributed by atoms with Crippen molar-refractivity contribution in [3.05, 3.63) is 11.9 Å². The molecule has 5 atom stereocenters. The zero-order valence-electron chi connectivity index (χ0n) is 13.2. The van der Waals surface area contributed by atoms with E-state index in [-0.39, 0.29) is 17.7 Å². The number of thioether (sulfide) groups is 1. The van der Waals surface area contributed by atoms with E-state index in [9.17, 15) is 15.0 Å². The molecule has 2 fully saturated rings. The average Bonchev–Trinajstić information content (AvgIpc) is 3.19. The highest BCUT2D eigenvalue weighted by molar-refractivity contribution is 8.14. The van der Waals surface area contributed by atoms with Gasteiger partial charge in [-0.2, -0.15) is 0 Å². The first-order valence-electron chi connectivity index (χ1n) is 7.51. The van der Waals surface area contributed by atoms with Crippen LogP contribution in [0, 0.1) is 0 Å². The minimum Gasteiger partial charge on any atom is -0.464 e. The summed E-state index contributed by atoms with van der Waals surface area (Å²) in [5.74, 6) is -0.595. The minimum atomic E-state index is -1.11. The number of nitrogens with zero attached hydrogens (tertiary/aromatic N) is 4. The Hall–Kier alpha value is -1.69. The predicted octanol–water partition coefficient (Wildman–Crippen LogP) is -1.41. The summed E-state index contributed by atoms with van der Waals surface area (Å²) < 4.78 is 11.8. The number of aliphatic hydroxyl groups excluding tert-OH is 2. The van der Waals surface area contributed by atoms with E-state index in [1.54, 1.807) is 0 Å². The fourth-order valence-corrected chi connectivity index (χ4v) is 3.82. The number of hydrogen-bond acceptors (Lipinski definition) is 9. The lowest BCUT2D eigenvalue weighted by atomic mass is 9.98. The Bertz CT molecular complexity index is 638. The van der Waals surface area contributed by atoms with Gasteiger partial charge in [0.05, 0.1) is 25.9 Å². The summed E-state index contributed by atoms with van der Waals surface area (Å²) in [6.45, 7) is 2.67. The molecule has 2 aliphatic rings. The Labute approximate surface area is 142 Å². The number of hydrogen-bond donors (Lipinski definition) is 3. The van der Waals surface area contributed by atoms with E-state index in [1.165, 1.54) is 29.8 Å². The van der Waals surface area contributed by atoms with Crippen molar-refractivity contribution in [1.29, 1.82) is 0 Å². The first kappa shape index (κ1) is 17.1. The van der Waals surface area contributed by atoms with E-state index >= 15 is 0 Å². The molecule has 10 nitrogen and oxygen atoms in total. The molecule has 1 aromatic heterocycles. The maximum atomic E-state index is 11.4. The number of rotatable bonds is 4. The fraction of sp³-hybridized carbons (Fsp3) is 0.692. The molecule has 0 aliphatic carbocycles. The molecule has 0 amide bonds. The van der Waals surface area contributed by atoms with Crippen LogP contribution in [0.15, 0.2) is 11.2 Å². The highest BCUT2D eigenvalue weighted by Crippen LogP contribution is 2.34. The van der Waals surface area contributed by atoms with E-state index in [0.29, 0.717) is 11.7 Å². The van der Waals surface area contributed by atoms with Gasteiger partial charge in [-0.05, 0) is 6.92 Å². The smallest absolute Gasteiger partial charge is 0.360 e. The summed E-state index contributed by atoms with van der Waals surface area (Å²) in [5, 5.41) is 31.9. The van der Waals surface area contributed by atoms with Crippen LogP contribution in [0.4, 0.5) is 0 Å². The number of aliphatic hydroxyl groups is 2. The van der Waals surface area contributed by atoms with Crippen molar-refractivity contribution < 1.29 is 24.5 Å². The predicted molar refractivity (Wildman–Crippen MR) is 84.5 cm³/mol. The van der Waals surface area contributed by atoms with Gasteiger partial charge in [0.25, 0.3) is 0 Å². The summed E-state index contributed by atoms with van der Waals surface area (Å²) in [7, 11) is 1.26. The summed E-state index contributed by atoms with van der Waals surface area (Å²) >= 11 is 1.38. The third-order valence-corrected chi connectivity index (χ3v) is 4.93. The number of aliphatic imine (C=N–C) groups is 1. The molecule has 24 heavy (non-hydrogen) atoms. The number of nitrogens with one attached hydrogen (secondary N) is 1. The monoisotopic (exact) mass is 357 g/mol. The van der Waals surface area contributed by atoms with Crippen molar-refractivity contribution in [3.63, 3.8) is 0 Å². The molecule has 2 aliphatic heterocycles. The quantitative estimate of drug-likeness (QED) is 0.556. The number of carbonyl (C=O) groups excluding carboxylic acids is 1. The lowest BCUT2D eigenvalue weighted by Crippen LogP contribution is -2.59.